The Hall–Kier alpha value is -3.26. The van der Waals surface area contributed by atoms with E-state index in [0.29, 0.717) is 26.9 Å². The molecule has 156 valence electrons. The molecular weight excluding hydrogens is 456 g/mol. The second-order valence-electron chi connectivity index (χ2n) is 6.21. The SMILES string of the molecule is COC(=O)c1c(-c2cc(OC)ccc2Br)c(C(=O)OC)c2ccc(OC)cc2c1O. The van der Waals surface area contributed by atoms with E-state index in [1.165, 1.54) is 34.5 Å². The summed E-state index contributed by atoms with van der Waals surface area (Å²) in [6.07, 6.45) is 0. The van der Waals surface area contributed by atoms with Crippen molar-refractivity contribution in [1.29, 1.82) is 0 Å². The van der Waals surface area contributed by atoms with Crippen LogP contribution in [0.2, 0.25) is 0 Å². The lowest BCUT2D eigenvalue weighted by Gasteiger charge is -2.19. The van der Waals surface area contributed by atoms with E-state index >= 15 is 0 Å². The van der Waals surface area contributed by atoms with Crippen molar-refractivity contribution in [3.05, 3.63) is 52.0 Å². The first kappa shape index (κ1) is 21.4. The number of carbonyl (C=O) groups is 2. The Morgan fingerprint density at radius 1 is 0.800 bits per heavy atom. The Bertz CT molecular complexity index is 1150. The van der Waals surface area contributed by atoms with Crippen molar-refractivity contribution < 1.29 is 33.6 Å². The molecule has 0 aliphatic heterocycles. The molecule has 30 heavy (non-hydrogen) atoms. The zero-order valence-electron chi connectivity index (χ0n) is 16.7. The fourth-order valence-electron chi connectivity index (χ4n) is 3.28. The average molecular weight is 475 g/mol. The highest BCUT2D eigenvalue weighted by Crippen LogP contribution is 2.45. The van der Waals surface area contributed by atoms with Gasteiger partial charge < -0.3 is 24.1 Å². The van der Waals surface area contributed by atoms with Crippen LogP contribution in [0.5, 0.6) is 17.2 Å². The molecule has 0 heterocycles. The van der Waals surface area contributed by atoms with Gasteiger partial charge in [0.2, 0.25) is 0 Å². The molecule has 0 fully saturated rings. The summed E-state index contributed by atoms with van der Waals surface area (Å²) in [4.78, 5) is 25.6. The summed E-state index contributed by atoms with van der Waals surface area (Å²) in [5.74, 6) is -0.894. The van der Waals surface area contributed by atoms with E-state index in [4.69, 9.17) is 18.9 Å². The number of hydrogen-bond donors (Lipinski definition) is 1. The molecule has 0 aromatic heterocycles. The number of fused-ring (bicyclic) bond motifs is 1. The van der Waals surface area contributed by atoms with Gasteiger partial charge in [0.15, 0.2) is 0 Å². The van der Waals surface area contributed by atoms with Crippen molar-refractivity contribution in [2.24, 2.45) is 0 Å². The Morgan fingerprint density at radius 3 is 1.97 bits per heavy atom. The van der Waals surface area contributed by atoms with Gasteiger partial charge in [0, 0.05) is 26.4 Å². The van der Waals surface area contributed by atoms with Crippen LogP contribution >= 0.6 is 15.9 Å². The number of carbonyl (C=O) groups excluding carboxylic acids is 2. The standard InChI is InChI=1S/C22H19BrO7/c1-27-11-5-7-13-14(9-11)20(24)19(22(26)30-4)17(18(13)21(25)29-3)15-10-12(28-2)6-8-16(15)23/h5-10,24H,1-4H3. The van der Waals surface area contributed by atoms with Crippen molar-refractivity contribution >= 4 is 38.6 Å². The van der Waals surface area contributed by atoms with Gasteiger partial charge in [0.25, 0.3) is 0 Å². The van der Waals surface area contributed by atoms with E-state index in [0.717, 1.165) is 0 Å². The number of esters is 2. The molecule has 1 N–H and O–H groups in total. The predicted octanol–water partition coefficient (Wildman–Crippen LogP) is 4.57. The molecule has 0 amide bonds. The van der Waals surface area contributed by atoms with Gasteiger partial charge in [-0.05, 0) is 36.4 Å². The zero-order chi connectivity index (χ0) is 22.0. The molecule has 0 atom stereocenters. The molecule has 0 aliphatic rings. The van der Waals surface area contributed by atoms with Gasteiger partial charge in [-0.25, -0.2) is 9.59 Å². The minimum absolute atomic E-state index is 0.0994. The molecule has 0 spiro atoms. The molecule has 7 nitrogen and oxygen atoms in total. The van der Waals surface area contributed by atoms with Crippen molar-refractivity contribution in [2.45, 2.75) is 0 Å². The number of rotatable bonds is 5. The van der Waals surface area contributed by atoms with E-state index < -0.39 is 11.9 Å². The molecule has 3 aromatic carbocycles. The number of aromatic hydroxyl groups is 1. The van der Waals surface area contributed by atoms with Crippen molar-refractivity contribution in [3.63, 3.8) is 0 Å². The van der Waals surface area contributed by atoms with Gasteiger partial charge in [-0.3, -0.25) is 0 Å². The first-order chi connectivity index (χ1) is 14.4. The lowest BCUT2D eigenvalue weighted by Crippen LogP contribution is -2.12. The van der Waals surface area contributed by atoms with E-state index in [1.54, 1.807) is 30.3 Å². The van der Waals surface area contributed by atoms with Gasteiger partial charge in [-0.2, -0.15) is 0 Å². The number of hydrogen-bond acceptors (Lipinski definition) is 7. The third-order valence-corrected chi connectivity index (χ3v) is 5.40. The van der Waals surface area contributed by atoms with Gasteiger partial charge >= 0.3 is 11.9 Å². The number of phenols is 1. The summed E-state index contributed by atoms with van der Waals surface area (Å²) in [7, 11) is 5.41. The largest absolute Gasteiger partial charge is 0.506 e. The Kier molecular flexibility index (Phi) is 6.17. The lowest BCUT2D eigenvalue weighted by atomic mass is 9.88. The third kappa shape index (κ3) is 3.54. The lowest BCUT2D eigenvalue weighted by molar-refractivity contribution is 0.0598. The van der Waals surface area contributed by atoms with Gasteiger partial charge in [0.05, 0.1) is 34.0 Å². The van der Waals surface area contributed by atoms with E-state index in [-0.39, 0.29) is 27.8 Å². The van der Waals surface area contributed by atoms with E-state index in [1.807, 2.05) is 0 Å². The minimum Gasteiger partial charge on any atom is -0.506 e. The van der Waals surface area contributed by atoms with Crippen LogP contribution in [0.15, 0.2) is 40.9 Å². The molecule has 0 unspecified atom stereocenters. The normalized spacial score (nSPS) is 10.6. The highest BCUT2D eigenvalue weighted by molar-refractivity contribution is 9.10. The third-order valence-electron chi connectivity index (χ3n) is 4.71. The van der Waals surface area contributed by atoms with Gasteiger partial charge in [0.1, 0.15) is 22.8 Å². The quantitative estimate of drug-likeness (QED) is 0.541. The fraction of sp³-hybridized carbons (Fsp3) is 0.182. The molecule has 0 bridgehead atoms. The molecular formula is C22H19BrO7. The maximum Gasteiger partial charge on any atom is 0.342 e. The smallest absolute Gasteiger partial charge is 0.342 e. The van der Waals surface area contributed by atoms with Crippen LogP contribution in [0.25, 0.3) is 21.9 Å². The summed E-state index contributed by atoms with van der Waals surface area (Å²) < 4.78 is 21.0. The van der Waals surface area contributed by atoms with Crippen LogP contribution in [0.4, 0.5) is 0 Å². The molecule has 0 saturated heterocycles. The summed E-state index contributed by atoms with van der Waals surface area (Å²) in [5, 5.41) is 11.7. The van der Waals surface area contributed by atoms with E-state index in [2.05, 4.69) is 15.9 Å². The zero-order valence-corrected chi connectivity index (χ0v) is 18.3. The highest BCUT2D eigenvalue weighted by Gasteiger charge is 2.30. The molecule has 3 rings (SSSR count). The van der Waals surface area contributed by atoms with E-state index in [9.17, 15) is 14.7 Å². The monoisotopic (exact) mass is 474 g/mol. The van der Waals surface area contributed by atoms with Crippen LogP contribution in [0.3, 0.4) is 0 Å². The molecule has 3 aromatic rings. The van der Waals surface area contributed by atoms with Crippen molar-refractivity contribution in [1.82, 2.24) is 0 Å². The molecule has 0 radical (unpaired) electrons. The number of phenolic OH excluding ortho intramolecular Hbond substituents is 1. The summed E-state index contributed by atoms with van der Waals surface area (Å²) in [6, 6.07) is 9.89. The van der Waals surface area contributed by atoms with Crippen LogP contribution in [-0.4, -0.2) is 45.5 Å². The molecule has 0 aliphatic carbocycles. The summed E-state index contributed by atoms with van der Waals surface area (Å²) in [6.45, 7) is 0. The van der Waals surface area contributed by atoms with Gasteiger partial charge in [-0.15, -0.1) is 0 Å². The minimum atomic E-state index is -0.813. The maximum atomic E-state index is 12.9. The van der Waals surface area contributed by atoms with Crippen LogP contribution < -0.4 is 9.47 Å². The maximum absolute atomic E-state index is 12.9. The van der Waals surface area contributed by atoms with Crippen molar-refractivity contribution in [2.75, 3.05) is 28.4 Å². The first-order valence-corrected chi connectivity index (χ1v) is 9.54. The summed E-state index contributed by atoms with van der Waals surface area (Å²) in [5.41, 5.74) is 0.535. The topological polar surface area (TPSA) is 91.3 Å². The van der Waals surface area contributed by atoms with Gasteiger partial charge in [-0.1, -0.05) is 15.9 Å². The van der Waals surface area contributed by atoms with Crippen LogP contribution in [0, 0.1) is 0 Å². The Labute approximate surface area is 181 Å². The molecule has 8 heteroatoms. The second kappa shape index (κ2) is 8.62. The summed E-state index contributed by atoms with van der Waals surface area (Å²) >= 11 is 3.46. The van der Waals surface area contributed by atoms with Crippen molar-refractivity contribution in [3.8, 4) is 28.4 Å². The Balaban J connectivity index is 2.60. The Morgan fingerprint density at radius 2 is 1.37 bits per heavy atom. The fourth-order valence-corrected chi connectivity index (χ4v) is 3.73. The van der Waals surface area contributed by atoms with Crippen LogP contribution in [-0.2, 0) is 9.47 Å². The van der Waals surface area contributed by atoms with Crippen LogP contribution in [0.1, 0.15) is 20.7 Å². The second-order valence-corrected chi connectivity index (χ2v) is 7.07. The number of ether oxygens (including phenoxy) is 4. The average Bonchev–Trinajstić information content (AvgIpc) is 2.78. The molecule has 0 saturated carbocycles. The highest BCUT2D eigenvalue weighted by atomic mass is 79.9. The number of benzene rings is 3. The first-order valence-electron chi connectivity index (χ1n) is 8.75. The number of methoxy groups -OCH3 is 4. The number of halogens is 1. The predicted molar refractivity (Wildman–Crippen MR) is 115 cm³/mol.